The number of anilines is 1. The Hall–Kier alpha value is -2.23. The van der Waals surface area contributed by atoms with Gasteiger partial charge in [0.25, 0.3) is 0 Å². The molecular weight excluding hydrogens is 487 g/mol. The number of urea groups is 1. The average Bonchev–Trinajstić information content (AvgIpc) is 3.15. The van der Waals surface area contributed by atoms with Gasteiger partial charge in [0.15, 0.2) is 0 Å². The van der Waals surface area contributed by atoms with Crippen molar-refractivity contribution in [3.05, 3.63) is 64.7 Å². The third kappa shape index (κ3) is 6.06. The fourth-order valence-electron chi connectivity index (χ4n) is 3.95. The summed E-state index contributed by atoms with van der Waals surface area (Å²) in [5.74, 6) is 0.985. The Balaban J connectivity index is 1.92. The van der Waals surface area contributed by atoms with E-state index in [9.17, 15) is 18.0 Å². The maximum absolute atomic E-state index is 13.5. The van der Waals surface area contributed by atoms with Crippen molar-refractivity contribution >= 4 is 40.8 Å². The number of halogens is 4. The van der Waals surface area contributed by atoms with Crippen molar-refractivity contribution in [1.82, 2.24) is 5.01 Å². The summed E-state index contributed by atoms with van der Waals surface area (Å²) in [6, 6.07) is 11.3. The number of ether oxygens (including phenoxy) is 1. The molecule has 184 valence electrons. The fraction of sp³-hybridized carbons (Fsp3) is 0.417. The van der Waals surface area contributed by atoms with E-state index in [1.165, 1.54) is 29.2 Å². The van der Waals surface area contributed by atoms with Crippen molar-refractivity contribution in [2.45, 2.75) is 25.9 Å². The maximum Gasteiger partial charge on any atom is 0.416 e. The molecule has 0 aromatic heterocycles. The molecule has 34 heavy (non-hydrogen) atoms. The highest BCUT2D eigenvalue weighted by atomic mass is 35.5. The standard InChI is InChI=1S/C24H27ClF3N3O2S/c1-23(13-4-14-34-3)15-31(29-21(23)17-5-9-19(25)10-6-17)22(32)30(16-33-2)20-11-7-18(8-12-20)24(26,27)28/h5-12H,4,13-16H2,1-3H3. The number of hydrogen-bond donors (Lipinski definition) is 0. The second-order valence-corrected chi connectivity index (χ2v) is 9.77. The van der Waals surface area contributed by atoms with E-state index in [-0.39, 0.29) is 6.73 Å². The number of amides is 2. The molecule has 0 N–H and O–H groups in total. The summed E-state index contributed by atoms with van der Waals surface area (Å²) < 4.78 is 44.1. The Morgan fingerprint density at radius 1 is 1.21 bits per heavy atom. The van der Waals surface area contributed by atoms with Crippen molar-refractivity contribution in [1.29, 1.82) is 0 Å². The van der Waals surface area contributed by atoms with Crippen molar-refractivity contribution in [3.63, 3.8) is 0 Å². The molecule has 1 aliphatic heterocycles. The molecule has 0 spiro atoms. The first-order valence-corrected chi connectivity index (χ1v) is 12.5. The van der Waals surface area contributed by atoms with Crippen LogP contribution in [0.4, 0.5) is 23.7 Å². The van der Waals surface area contributed by atoms with E-state index >= 15 is 0 Å². The number of hydrogen-bond acceptors (Lipinski definition) is 4. The van der Waals surface area contributed by atoms with Crippen LogP contribution in [0.2, 0.25) is 5.02 Å². The molecule has 0 bridgehead atoms. The number of thioether (sulfide) groups is 1. The zero-order valence-electron chi connectivity index (χ0n) is 19.2. The molecule has 3 rings (SSSR count). The zero-order valence-corrected chi connectivity index (χ0v) is 20.8. The summed E-state index contributed by atoms with van der Waals surface area (Å²) in [5, 5.41) is 6.66. The number of hydrazone groups is 1. The number of rotatable bonds is 8. The SMILES string of the molecule is COCN(C(=O)N1CC(C)(CCCSC)C(c2ccc(Cl)cc2)=N1)c1ccc(C(F)(F)F)cc1. The van der Waals surface area contributed by atoms with Crippen LogP contribution in [-0.2, 0) is 10.9 Å². The van der Waals surface area contributed by atoms with Crippen molar-refractivity contribution < 1.29 is 22.7 Å². The number of alkyl halides is 3. The molecule has 1 aliphatic rings. The summed E-state index contributed by atoms with van der Waals surface area (Å²) in [7, 11) is 1.42. The van der Waals surface area contributed by atoms with Gasteiger partial charge in [0, 0.05) is 23.2 Å². The molecule has 0 saturated heterocycles. The van der Waals surface area contributed by atoms with Gasteiger partial charge in [-0.05, 0) is 66.8 Å². The molecule has 1 unspecified atom stereocenters. The van der Waals surface area contributed by atoms with Gasteiger partial charge in [-0.25, -0.2) is 9.80 Å². The number of benzene rings is 2. The molecular formula is C24H27ClF3N3O2S. The van der Waals surface area contributed by atoms with Crippen LogP contribution < -0.4 is 4.90 Å². The lowest BCUT2D eigenvalue weighted by Crippen LogP contribution is -2.43. The predicted molar refractivity (Wildman–Crippen MR) is 132 cm³/mol. The summed E-state index contributed by atoms with van der Waals surface area (Å²) in [4.78, 5) is 14.8. The third-order valence-electron chi connectivity index (χ3n) is 5.70. The van der Waals surface area contributed by atoms with Crippen LogP contribution in [0.1, 0.15) is 30.9 Å². The van der Waals surface area contributed by atoms with Crippen LogP contribution in [0.3, 0.4) is 0 Å². The highest BCUT2D eigenvalue weighted by Crippen LogP contribution is 2.37. The number of methoxy groups -OCH3 is 1. The second-order valence-electron chi connectivity index (χ2n) is 8.34. The quantitative estimate of drug-likeness (QED) is 0.289. The van der Waals surface area contributed by atoms with E-state index in [0.29, 0.717) is 17.3 Å². The van der Waals surface area contributed by atoms with Crippen LogP contribution in [0.15, 0.2) is 53.6 Å². The number of nitrogens with zero attached hydrogens (tertiary/aromatic N) is 3. The van der Waals surface area contributed by atoms with Crippen LogP contribution in [-0.4, -0.2) is 49.1 Å². The van der Waals surface area contributed by atoms with Crippen LogP contribution in [0.25, 0.3) is 0 Å². The molecule has 1 atom stereocenters. The molecule has 0 radical (unpaired) electrons. The monoisotopic (exact) mass is 513 g/mol. The van der Waals surface area contributed by atoms with Gasteiger partial charge in [0.1, 0.15) is 6.73 Å². The van der Waals surface area contributed by atoms with E-state index in [4.69, 9.17) is 16.3 Å². The van der Waals surface area contributed by atoms with Crippen LogP contribution in [0.5, 0.6) is 0 Å². The molecule has 0 aliphatic carbocycles. The molecule has 0 fully saturated rings. The Morgan fingerprint density at radius 3 is 2.41 bits per heavy atom. The van der Waals surface area contributed by atoms with E-state index in [2.05, 4.69) is 12.0 Å². The smallest absolute Gasteiger partial charge is 0.364 e. The Bertz CT molecular complexity index is 1020. The van der Waals surface area contributed by atoms with E-state index in [0.717, 1.165) is 42.0 Å². The predicted octanol–water partition coefficient (Wildman–Crippen LogP) is 6.76. The van der Waals surface area contributed by atoms with Crippen LogP contribution >= 0.6 is 23.4 Å². The van der Waals surface area contributed by atoms with Gasteiger partial charge >= 0.3 is 12.2 Å². The normalized spacial score (nSPS) is 18.2. The Kier molecular flexibility index (Phi) is 8.54. The summed E-state index contributed by atoms with van der Waals surface area (Å²) in [6.45, 7) is 2.29. The van der Waals surface area contributed by atoms with E-state index < -0.39 is 23.2 Å². The highest BCUT2D eigenvalue weighted by Gasteiger charge is 2.42. The van der Waals surface area contributed by atoms with E-state index in [1.807, 2.05) is 18.4 Å². The molecule has 2 aromatic carbocycles. The topological polar surface area (TPSA) is 45.1 Å². The second kappa shape index (κ2) is 11.0. The maximum atomic E-state index is 13.5. The lowest BCUT2D eigenvalue weighted by atomic mass is 9.78. The van der Waals surface area contributed by atoms with Gasteiger partial charge in [-0.3, -0.25) is 4.90 Å². The van der Waals surface area contributed by atoms with Crippen molar-refractivity contribution in [3.8, 4) is 0 Å². The van der Waals surface area contributed by atoms with Gasteiger partial charge in [0.2, 0.25) is 0 Å². The fourth-order valence-corrected chi connectivity index (χ4v) is 4.51. The molecule has 2 amide bonds. The summed E-state index contributed by atoms with van der Waals surface area (Å²) in [6.07, 6.45) is -0.635. The molecule has 10 heteroatoms. The molecule has 5 nitrogen and oxygen atoms in total. The third-order valence-corrected chi connectivity index (χ3v) is 6.65. The lowest BCUT2D eigenvalue weighted by Gasteiger charge is -2.29. The average molecular weight is 514 g/mol. The number of carbonyl (C=O) groups excluding carboxylic acids is 1. The molecule has 2 aromatic rings. The van der Waals surface area contributed by atoms with Crippen molar-refractivity contribution in [2.75, 3.05) is 37.3 Å². The molecule has 0 saturated carbocycles. The largest absolute Gasteiger partial charge is 0.416 e. The minimum atomic E-state index is -4.46. The first-order chi connectivity index (χ1) is 16.1. The van der Waals surface area contributed by atoms with E-state index in [1.54, 1.807) is 23.9 Å². The highest BCUT2D eigenvalue weighted by molar-refractivity contribution is 7.98. The zero-order chi connectivity index (χ0) is 24.9. The van der Waals surface area contributed by atoms with Gasteiger partial charge in [-0.2, -0.15) is 30.0 Å². The minimum absolute atomic E-state index is 0.129. The van der Waals surface area contributed by atoms with Gasteiger partial charge < -0.3 is 4.74 Å². The van der Waals surface area contributed by atoms with Gasteiger partial charge in [0.05, 0.1) is 17.8 Å². The summed E-state index contributed by atoms with van der Waals surface area (Å²) >= 11 is 7.81. The summed E-state index contributed by atoms with van der Waals surface area (Å²) in [5.41, 5.74) is 0.770. The first kappa shape index (κ1) is 26.4. The number of carbonyl (C=O) groups is 1. The Morgan fingerprint density at radius 2 is 1.85 bits per heavy atom. The van der Waals surface area contributed by atoms with Gasteiger partial charge in [-0.1, -0.05) is 30.7 Å². The van der Waals surface area contributed by atoms with Gasteiger partial charge in [-0.15, -0.1) is 0 Å². The molecule has 1 heterocycles. The Labute approximate surface area is 206 Å². The first-order valence-electron chi connectivity index (χ1n) is 10.7. The van der Waals surface area contributed by atoms with Crippen molar-refractivity contribution in [2.24, 2.45) is 10.5 Å². The lowest BCUT2D eigenvalue weighted by molar-refractivity contribution is -0.137. The minimum Gasteiger partial charge on any atom is -0.364 e. The van der Waals surface area contributed by atoms with Crippen LogP contribution in [0, 0.1) is 5.41 Å².